The molecule has 0 spiro atoms. The van der Waals surface area contributed by atoms with Crippen molar-refractivity contribution in [3.05, 3.63) is 54.1 Å². The van der Waals surface area contributed by atoms with E-state index < -0.39 is 0 Å². The van der Waals surface area contributed by atoms with Crippen molar-refractivity contribution >= 4 is 17.3 Å². The largest absolute Gasteiger partial charge is 0.484 e. The first-order chi connectivity index (χ1) is 13.3. The maximum absolute atomic E-state index is 12.5. The Balaban J connectivity index is 1.61. The van der Waals surface area contributed by atoms with Gasteiger partial charge < -0.3 is 19.9 Å². The Morgan fingerprint density at radius 1 is 1.04 bits per heavy atom. The van der Waals surface area contributed by atoms with Gasteiger partial charge in [0.05, 0.1) is 11.4 Å². The summed E-state index contributed by atoms with van der Waals surface area (Å²) in [6.45, 7) is 10.4. The lowest BCUT2D eigenvalue weighted by molar-refractivity contribution is -0.118. The number of rotatable bonds is 5. The van der Waals surface area contributed by atoms with E-state index in [2.05, 4.69) is 55.1 Å². The molecule has 150 valence electrons. The average molecular weight is 382 g/mol. The van der Waals surface area contributed by atoms with Crippen LogP contribution >= 0.6 is 0 Å². The third-order valence-electron chi connectivity index (χ3n) is 5.09. The van der Waals surface area contributed by atoms with E-state index in [1.165, 1.54) is 5.56 Å². The summed E-state index contributed by atoms with van der Waals surface area (Å²) in [7, 11) is 2.14. The first-order valence-electron chi connectivity index (χ1n) is 9.88. The number of para-hydroxylation sites is 2. The van der Waals surface area contributed by atoms with Crippen molar-refractivity contribution in [3.63, 3.8) is 0 Å². The van der Waals surface area contributed by atoms with E-state index in [4.69, 9.17) is 4.74 Å². The standard InChI is InChI=1S/C23H31N3O2/c1-23(2,3)18-8-7-9-19(16-18)28-17-22(27)24-20-10-5-6-11-21(20)26-14-12-25(4)13-15-26/h5-11,16H,12-15,17H2,1-4H3,(H,24,27). The maximum atomic E-state index is 12.5. The number of piperazine rings is 1. The van der Waals surface area contributed by atoms with E-state index in [0.29, 0.717) is 0 Å². The van der Waals surface area contributed by atoms with Gasteiger partial charge in [-0.1, -0.05) is 45.0 Å². The van der Waals surface area contributed by atoms with Crippen molar-refractivity contribution in [1.29, 1.82) is 0 Å². The van der Waals surface area contributed by atoms with E-state index in [0.717, 1.165) is 43.3 Å². The molecular weight excluding hydrogens is 350 g/mol. The second-order valence-corrected chi connectivity index (χ2v) is 8.42. The molecule has 0 atom stereocenters. The van der Waals surface area contributed by atoms with Gasteiger partial charge in [-0.3, -0.25) is 4.79 Å². The van der Waals surface area contributed by atoms with Crippen LogP contribution in [0.25, 0.3) is 0 Å². The molecule has 3 rings (SSSR count). The number of carbonyl (C=O) groups excluding carboxylic acids is 1. The normalized spacial score (nSPS) is 15.4. The van der Waals surface area contributed by atoms with Gasteiger partial charge in [-0.15, -0.1) is 0 Å². The molecule has 1 amide bonds. The summed E-state index contributed by atoms with van der Waals surface area (Å²) >= 11 is 0. The van der Waals surface area contributed by atoms with Crippen molar-refractivity contribution in [2.24, 2.45) is 0 Å². The maximum Gasteiger partial charge on any atom is 0.262 e. The molecule has 1 saturated heterocycles. The number of hydrogen-bond acceptors (Lipinski definition) is 4. The third kappa shape index (κ3) is 5.26. The topological polar surface area (TPSA) is 44.8 Å². The van der Waals surface area contributed by atoms with Crippen molar-refractivity contribution < 1.29 is 9.53 Å². The van der Waals surface area contributed by atoms with Gasteiger partial charge in [0.2, 0.25) is 0 Å². The van der Waals surface area contributed by atoms with Crippen LogP contribution < -0.4 is 15.0 Å². The zero-order chi connectivity index (χ0) is 20.1. The highest BCUT2D eigenvalue weighted by Gasteiger charge is 2.18. The molecule has 1 heterocycles. The summed E-state index contributed by atoms with van der Waals surface area (Å²) in [5, 5.41) is 3.01. The number of amides is 1. The van der Waals surface area contributed by atoms with E-state index >= 15 is 0 Å². The third-order valence-corrected chi connectivity index (χ3v) is 5.09. The number of nitrogens with zero attached hydrogens (tertiary/aromatic N) is 2. The molecule has 0 aliphatic carbocycles. The molecule has 0 radical (unpaired) electrons. The Morgan fingerprint density at radius 2 is 1.75 bits per heavy atom. The van der Waals surface area contributed by atoms with Crippen LogP contribution in [0.2, 0.25) is 0 Å². The molecule has 0 unspecified atom stereocenters. The fourth-order valence-electron chi connectivity index (χ4n) is 3.29. The Bertz CT molecular complexity index is 805. The molecular formula is C23H31N3O2. The SMILES string of the molecule is CN1CCN(c2ccccc2NC(=O)COc2cccc(C(C)(C)C)c2)CC1. The molecule has 0 aromatic heterocycles. The van der Waals surface area contributed by atoms with Gasteiger partial charge in [-0.2, -0.15) is 0 Å². The average Bonchev–Trinajstić information content (AvgIpc) is 2.67. The van der Waals surface area contributed by atoms with Crippen molar-refractivity contribution in [2.75, 3.05) is 50.1 Å². The molecule has 5 nitrogen and oxygen atoms in total. The first kappa shape index (κ1) is 20.2. The molecule has 1 aliphatic rings. The quantitative estimate of drug-likeness (QED) is 0.857. The highest BCUT2D eigenvalue weighted by molar-refractivity contribution is 5.95. The van der Waals surface area contributed by atoms with Crippen LogP contribution in [0.4, 0.5) is 11.4 Å². The van der Waals surface area contributed by atoms with Gasteiger partial charge in [0.1, 0.15) is 5.75 Å². The fraction of sp³-hybridized carbons (Fsp3) is 0.435. The first-order valence-corrected chi connectivity index (χ1v) is 9.88. The van der Waals surface area contributed by atoms with E-state index in [1.54, 1.807) is 0 Å². The van der Waals surface area contributed by atoms with Gasteiger partial charge in [-0.25, -0.2) is 0 Å². The number of carbonyl (C=O) groups is 1. The van der Waals surface area contributed by atoms with Crippen LogP contribution in [0.5, 0.6) is 5.75 Å². The Labute approximate surface area is 168 Å². The van der Waals surface area contributed by atoms with E-state index in [-0.39, 0.29) is 17.9 Å². The molecule has 0 bridgehead atoms. The van der Waals surface area contributed by atoms with Gasteiger partial charge in [-0.05, 0) is 42.3 Å². The molecule has 1 N–H and O–H groups in total. The number of likely N-dealkylation sites (N-methyl/N-ethyl adjacent to an activating group) is 1. The summed E-state index contributed by atoms with van der Waals surface area (Å²) in [5.74, 6) is 0.567. The number of benzene rings is 2. The van der Waals surface area contributed by atoms with Crippen molar-refractivity contribution in [1.82, 2.24) is 4.90 Å². The van der Waals surface area contributed by atoms with E-state index in [1.807, 2.05) is 36.4 Å². The minimum Gasteiger partial charge on any atom is -0.484 e. The zero-order valence-electron chi connectivity index (χ0n) is 17.4. The van der Waals surface area contributed by atoms with Gasteiger partial charge in [0, 0.05) is 26.2 Å². The lowest BCUT2D eigenvalue weighted by atomic mass is 9.87. The zero-order valence-corrected chi connectivity index (χ0v) is 17.4. The molecule has 28 heavy (non-hydrogen) atoms. The van der Waals surface area contributed by atoms with Gasteiger partial charge in [0.25, 0.3) is 5.91 Å². The van der Waals surface area contributed by atoms with Gasteiger partial charge in [0.15, 0.2) is 6.61 Å². The second kappa shape index (κ2) is 8.65. The molecule has 2 aromatic carbocycles. The fourth-order valence-corrected chi connectivity index (χ4v) is 3.29. The Kier molecular flexibility index (Phi) is 6.25. The summed E-state index contributed by atoms with van der Waals surface area (Å²) < 4.78 is 5.74. The summed E-state index contributed by atoms with van der Waals surface area (Å²) in [4.78, 5) is 17.1. The molecule has 2 aromatic rings. The van der Waals surface area contributed by atoms with Crippen LogP contribution in [0.1, 0.15) is 26.3 Å². The minimum absolute atomic E-state index is 0.00926. The summed E-state index contributed by atoms with van der Waals surface area (Å²) in [5.41, 5.74) is 3.14. The van der Waals surface area contributed by atoms with Crippen molar-refractivity contribution in [2.45, 2.75) is 26.2 Å². The van der Waals surface area contributed by atoms with Crippen molar-refractivity contribution in [3.8, 4) is 5.75 Å². The number of hydrogen-bond donors (Lipinski definition) is 1. The van der Waals surface area contributed by atoms with Crippen LogP contribution in [-0.4, -0.2) is 50.6 Å². The second-order valence-electron chi connectivity index (χ2n) is 8.42. The lowest BCUT2D eigenvalue weighted by Gasteiger charge is -2.35. The highest BCUT2D eigenvalue weighted by atomic mass is 16.5. The van der Waals surface area contributed by atoms with Gasteiger partial charge >= 0.3 is 0 Å². The predicted molar refractivity (Wildman–Crippen MR) is 115 cm³/mol. The summed E-state index contributed by atoms with van der Waals surface area (Å²) in [6, 6.07) is 15.9. The number of ether oxygens (including phenoxy) is 1. The number of nitrogens with one attached hydrogen (secondary N) is 1. The van der Waals surface area contributed by atoms with Crippen LogP contribution in [-0.2, 0) is 10.2 Å². The Morgan fingerprint density at radius 3 is 2.46 bits per heavy atom. The molecule has 0 saturated carbocycles. The molecule has 1 aliphatic heterocycles. The highest BCUT2D eigenvalue weighted by Crippen LogP contribution is 2.27. The Hall–Kier alpha value is -2.53. The monoisotopic (exact) mass is 381 g/mol. The lowest BCUT2D eigenvalue weighted by Crippen LogP contribution is -2.44. The molecule has 5 heteroatoms. The van der Waals surface area contributed by atoms with Crippen LogP contribution in [0.15, 0.2) is 48.5 Å². The molecule has 1 fully saturated rings. The number of anilines is 2. The van der Waals surface area contributed by atoms with Crippen LogP contribution in [0.3, 0.4) is 0 Å². The smallest absolute Gasteiger partial charge is 0.262 e. The van der Waals surface area contributed by atoms with E-state index in [9.17, 15) is 4.79 Å². The van der Waals surface area contributed by atoms with Crippen LogP contribution in [0, 0.1) is 0 Å². The minimum atomic E-state index is -0.150. The summed E-state index contributed by atoms with van der Waals surface area (Å²) in [6.07, 6.45) is 0. The predicted octanol–water partition coefficient (Wildman–Crippen LogP) is 3.75.